The van der Waals surface area contributed by atoms with Gasteiger partial charge < -0.3 is 5.11 Å². The minimum absolute atomic E-state index is 0.00185. The molecule has 0 fully saturated rings. The van der Waals surface area contributed by atoms with E-state index in [-0.39, 0.29) is 22.0 Å². The molecule has 0 saturated heterocycles. The summed E-state index contributed by atoms with van der Waals surface area (Å²) in [6.45, 7) is 29.1. The van der Waals surface area contributed by atoms with E-state index in [0.29, 0.717) is 17.4 Å². The van der Waals surface area contributed by atoms with E-state index in [1.807, 2.05) is 12.3 Å². The van der Waals surface area contributed by atoms with Crippen molar-refractivity contribution in [2.75, 3.05) is 0 Å². The molecular weight excluding hydrogens is 572 g/mol. The molecule has 2 aromatic heterocycles. The highest BCUT2D eigenvalue weighted by molar-refractivity contribution is 5.92. The Morgan fingerprint density at radius 2 is 1.13 bits per heavy atom. The molecule has 3 heteroatoms. The van der Waals surface area contributed by atoms with Crippen LogP contribution >= 0.6 is 0 Å². The number of phenols is 1. The smallest absolute Gasteiger partial charge is 0.142 e. The van der Waals surface area contributed by atoms with Crippen LogP contribution in [0.3, 0.4) is 0 Å². The Morgan fingerprint density at radius 1 is 0.574 bits per heavy atom. The van der Waals surface area contributed by atoms with Crippen molar-refractivity contribution in [3.63, 3.8) is 0 Å². The molecule has 0 unspecified atom stereocenters. The topological polar surface area (TPSA) is 46.0 Å². The highest BCUT2D eigenvalue weighted by Crippen LogP contribution is 2.43. The molecule has 47 heavy (non-hydrogen) atoms. The quantitative estimate of drug-likeness (QED) is 0.211. The molecule has 0 saturated carbocycles. The predicted octanol–water partition coefficient (Wildman–Crippen LogP) is 12.5. The van der Waals surface area contributed by atoms with Crippen molar-refractivity contribution in [3.05, 3.63) is 101 Å². The minimum atomic E-state index is -0.170. The van der Waals surface area contributed by atoms with Crippen molar-refractivity contribution < 1.29 is 5.11 Å². The molecule has 0 radical (unpaired) electrons. The van der Waals surface area contributed by atoms with Crippen LogP contribution in [-0.2, 0) is 16.2 Å². The summed E-state index contributed by atoms with van der Waals surface area (Å²) in [6, 6.07) is 24.3. The van der Waals surface area contributed by atoms with E-state index in [2.05, 4.69) is 151 Å². The molecule has 0 aliphatic carbocycles. The first-order valence-corrected chi connectivity index (χ1v) is 17.2. The Hall–Kier alpha value is -3.98. The average molecular weight is 627 g/mol. The fourth-order valence-electron chi connectivity index (χ4n) is 6.52. The molecule has 5 aromatic rings. The molecule has 0 atom stereocenters. The van der Waals surface area contributed by atoms with Gasteiger partial charge in [-0.25, -0.2) is 4.98 Å². The van der Waals surface area contributed by atoms with Crippen LogP contribution in [0.4, 0.5) is 0 Å². The molecule has 3 aromatic carbocycles. The average Bonchev–Trinajstić information content (AvgIpc) is 2.98. The van der Waals surface area contributed by atoms with E-state index in [9.17, 15) is 5.11 Å². The van der Waals surface area contributed by atoms with Crippen LogP contribution in [0.25, 0.3) is 44.5 Å². The second-order valence-electron chi connectivity index (χ2n) is 17.0. The molecular formula is C44H54N2O. The zero-order valence-corrected chi connectivity index (χ0v) is 30.9. The summed E-state index contributed by atoms with van der Waals surface area (Å²) in [5.74, 6) is 0.944. The van der Waals surface area contributed by atoms with E-state index >= 15 is 0 Å². The maximum Gasteiger partial charge on any atom is 0.142 e. The lowest BCUT2D eigenvalue weighted by atomic mass is 9.80. The summed E-state index contributed by atoms with van der Waals surface area (Å²) >= 11 is 0. The summed E-state index contributed by atoms with van der Waals surface area (Å²) in [6.07, 6.45) is 1.93. The first kappa shape index (κ1) is 34.4. The maximum absolute atomic E-state index is 11.5. The van der Waals surface area contributed by atoms with Crippen molar-refractivity contribution >= 4 is 10.9 Å². The summed E-state index contributed by atoms with van der Waals surface area (Å²) in [5, 5.41) is 12.5. The third kappa shape index (κ3) is 7.00. The first-order valence-electron chi connectivity index (χ1n) is 17.2. The van der Waals surface area contributed by atoms with Crippen LogP contribution in [0, 0.1) is 0 Å². The zero-order chi connectivity index (χ0) is 34.6. The molecule has 0 spiro atoms. The van der Waals surface area contributed by atoms with E-state index in [4.69, 9.17) is 9.97 Å². The second-order valence-corrected chi connectivity index (χ2v) is 17.0. The van der Waals surface area contributed by atoms with Gasteiger partial charge in [-0.15, -0.1) is 0 Å². The number of benzene rings is 3. The standard InChI is InChI=1S/C44H54N2O/c1-26(2)33-15-14-16-34(27(3)4)40(33)30-20-28(37-23-31(17-18-45-37)42(5,6)7)19-29(21-30)38-25-36(44(11,12)13)35-22-32(43(8,9)10)24-39(47)41(35)46-38/h14-27,47H,1-13H3. The number of rotatable bonds is 5. The zero-order valence-electron chi connectivity index (χ0n) is 30.9. The van der Waals surface area contributed by atoms with Gasteiger partial charge in [-0.1, -0.05) is 108 Å². The van der Waals surface area contributed by atoms with Crippen LogP contribution in [-0.4, -0.2) is 15.1 Å². The highest BCUT2D eigenvalue weighted by atomic mass is 16.3. The largest absolute Gasteiger partial charge is 0.506 e. The van der Waals surface area contributed by atoms with Gasteiger partial charge in [0.15, 0.2) is 0 Å². The van der Waals surface area contributed by atoms with Crippen LogP contribution in [0.15, 0.2) is 72.9 Å². The van der Waals surface area contributed by atoms with Gasteiger partial charge in [0.1, 0.15) is 11.3 Å². The van der Waals surface area contributed by atoms with Crippen molar-refractivity contribution in [2.45, 2.75) is 118 Å². The Morgan fingerprint density at radius 3 is 1.66 bits per heavy atom. The molecule has 0 bridgehead atoms. The van der Waals surface area contributed by atoms with Gasteiger partial charge in [-0.3, -0.25) is 4.98 Å². The summed E-state index contributed by atoms with van der Waals surface area (Å²) in [7, 11) is 0. The number of hydrogen-bond acceptors (Lipinski definition) is 3. The van der Waals surface area contributed by atoms with Gasteiger partial charge in [0.2, 0.25) is 0 Å². The third-order valence-corrected chi connectivity index (χ3v) is 9.38. The molecule has 0 aliphatic heterocycles. The SMILES string of the molecule is CC(C)c1cccc(C(C)C)c1-c1cc(-c2cc(C(C)(C)C)ccn2)cc(-c2cc(C(C)(C)C)c3cc(C(C)(C)C)cc(O)c3n2)c1. The van der Waals surface area contributed by atoms with E-state index < -0.39 is 0 Å². The molecule has 0 aliphatic rings. The van der Waals surface area contributed by atoms with E-state index in [1.165, 1.54) is 33.4 Å². The molecule has 0 amide bonds. The number of aromatic nitrogens is 2. The Labute approximate surface area is 283 Å². The lowest BCUT2D eigenvalue weighted by Gasteiger charge is -2.26. The first-order chi connectivity index (χ1) is 21.8. The highest BCUT2D eigenvalue weighted by Gasteiger charge is 2.25. The van der Waals surface area contributed by atoms with Gasteiger partial charge in [0, 0.05) is 22.7 Å². The fourth-order valence-corrected chi connectivity index (χ4v) is 6.52. The number of fused-ring (bicyclic) bond motifs is 1. The lowest BCUT2D eigenvalue weighted by molar-refractivity contribution is 0.476. The molecule has 5 rings (SSSR count). The second kappa shape index (κ2) is 12.2. The summed E-state index contributed by atoms with van der Waals surface area (Å²) < 4.78 is 0. The third-order valence-electron chi connectivity index (χ3n) is 9.38. The monoisotopic (exact) mass is 626 g/mol. The van der Waals surface area contributed by atoms with Gasteiger partial charge >= 0.3 is 0 Å². The van der Waals surface area contributed by atoms with E-state index in [1.54, 1.807) is 0 Å². The molecule has 3 nitrogen and oxygen atoms in total. The van der Waals surface area contributed by atoms with Gasteiger partial charge in [-0.2, -0.15) is 0 Å². The maximum atomic E-state index is 11.5. The van der Waals surface area contributed by atoms with Crippen molar-refractivity contribution in [2.24, 2.45) is 0 Å². The van der Waals surface area contributed by atoms with Gasteiger partial charge in [0.25, 0.3) is 0 Å². The Bertz CT molecular complexity index is 1920. The van der Waals surface area contributed by atoms with Crippen LogP contribution < -0.4 is 0 Å². The number of phenolic OH excluding ortho intramolecular Hbond substituents is 1. The number of hydrogen-bond donors (Lipinski definition) is 1. The minimum Gasteiger partial charge on any atom is -0.506 e. The summed E-state index contributed by atoms with van der Waals surface area (Å²) in [4.78, 5) is 10.1. The fraction of sp³-hybridized carbons (Fsp3) is 0.409. The normalized spacial score (nSPS) is 12.8. The Kier molecular flexibility index (Phi) is 8.94. The van der Waals surface area contributed by atoms with Crippen molar-refractivity contribution in [1.29, 1.82) is 0 Å². The summed E-state index contributed by atoms with van der Waals surface area (Å²) in [5.41, 5.74) is 12.9. The van der Waals surface area contributed by atoms with Crippen LogP contribution in [0.5, 0.6) is 5.75 Å². The molecule has 2 heterocycles. The Balaban J connectivity index is 1.88. The molecule has 1 N–H and O–H groups in total. The van der Waals surface area contributed by atoms with Crippen LogP contribution in [0.1, 0.15) is 130 Å². The van der Waals surface area contributed by atoms with Gasteiger partial charge in [0.05, 0.1) is 11.4 Å². The number of pyridine rings is 2. The number of nitrogens with zero attached hydrogens (tertiary/aromatic N) is 2. The van der Waals surface area contributed by atoms with Crippen molar-refractivity contribution in [1.82, 2.24) is 9.97 Å². The molecule has 246 valence electrons. The van der Waals surface area contributed by atoms with E-state index in [0.717, 1.165) is 33.5 Å². The lowest BCUT2D eigenvalue weighted by Crippen LogP contribution is -2.15. The number of aromatic hydroxyl groups is 1. The van der Waals surface area contributed by atoms with Crippen molar-refractivity contribution in [3.8, 4) is 39.4 Å². The predicted molar refractivity (Wildman–Crippen MR) is 202 cm³/mol. The van der Waals surface area contributed by atoms with Gasteiger partial charge in [-0.05, 0) is 116 Å². The van der Waals surface area contributed by atoms with Crippen LogP contribution in [0.2, 0.25) is 0 Å².